The standard InChI is InChI=1S/C20H24ClNO4/c1-5-25-18-11-16(17(21)12-19(18)26-6-2)13(3)22-20(23)14-7-9-15(24-4)10-8-14/h7-13H,5-6H2,1-4H3,(H,22,23). The van der Waals surface area contributed by atoms with Crippen molar-refractivity contribution in [2.75, 3.05) is 20.3 Å². The predicted molar refractivity (Wildman–Crippen MR) is 103 cm³/mol. The van der Waals surface area contributed by atoms with E-state index >= 15 is 0 Å². The van der Waals surface area contributed by atoms with Gasteiger partial charge in [0.2, 0.25) is 0 Å². The molecule has 2 aromatic rings. The Morgan fingerprint density at radius 3 is 2.19 bits per heavy atom. The molecule has 0 bridgehead atoms. The number of methoxy groups -OCH3 is 1. The Labute approximate surface area is 159 Å². The second kappa shape index (κ2) is 9.34. The molecule has 1 atom stereocenters. The van der Waals surface area contributed by atoms with Gasteiger partial charge in [-0.1, -0.05) is 11.6 Å². The summed E-state index contributed by atoms with van der Waals surface area (Å²) in [5, 5.41) is 3.46. The van der Waals surface area contributed by atoms with Gasteiger partial charge in [0.25, 0.3) is 5.91 Å². The SMILES string of the molecule is CCOc1cc(Cl)c(C(C)NC(=O)c2ccc(OC)cc2)cc1OCC. The Morgan fingerprint density at radius 2 is 1.65 bits per heavy atom. The van der Waals surface area contributed by atoms with Crippen molar-refractivity contribution in [2.24, 2.45) is 0 Å². The van der Waals surface area contributed by atoms with Crippen LogP contribution < -0.4 is 19.5 Å². The number of nitrogens with one attached hydrogen (secondary N) is 1. The first-order valence-corrected chi connectivity index (χ1v) is 8.91. The zero-order valence-corrected chi connectivity index (χ0v) is 16.2. The number of amides is 1. The van der Waals surface area contributed by atoms with Crippen molar-refractivity contribution in [3.8, 4) is 17.2 Å². The Bertz CT molecular complexity index is 746. The molecular weight excluding hydrogens is 354 g/mol. The minimum absolute atomic E-state index is 0.192. The zero-order chi connectivity index (χ0) is 19.1. The van der Waals surface area contributed by atoms with Crippen molar-refractivity contribution in [3.63, 3.8) is 0 Å². The van der Waals surface area contributed by atoms with Crippen LogP contribution in [0.5, 0.6) is 17.2 Å². The van der Waals surface area contributed by atoms with Crippen LogP contribution in [0.15, 0.2) is 36.4 Å². The molecule has 0 aromatic heterocycles. The van der Waals surface area contributed by atoms with E-state index in [4.69, 9.17) is 25.8 Å². The smallest absolute Gasteiger partial charge is 0.251 e. The second-order valence-electron chi connectivity index (χ2n) is 5.61. The van der Waals surface area contributed by atoms with E-state index in [1.165, 1.54) is 0 Å². The predicted octanol–water partition coefficient (Wildman–Crippen LogP) is 4.64. The minimum atomic E-state index is -0.299. The van der Waals surface area contributed by atoms with Gasteiger partial charge in [0.1, 0.15) is 5.75 Å². The normalized spacial score (nSPS) is 11.6. The number of rotatable bonds is 8. The molecule has 0 aliphatic rings. The molecule has 2 rings (SSSR count). The van der Waals surface area contributed by atoms with Gasteiger partial charge in [-0.05, 0) is 56.7 Å². The van der Waals surface area contributed by atoms with E-state index in [2.05, 4.69) is 5.32 Å². The quantitative estimate of drug-likeness (QED) is 0.728. The van der Waals surface area contributed by atoms with Crippen molar-refractivity contribution in [2.45, 2.75) is 26.8 Å². The summed E-state index contributed by atoms with van der Waals surface area (Å²) in [6.07, 6.45) is 0. The van der Waals surface area contributed by atoms with E-state index in [0.29, 0.717) is 41.0 Å². The molecule has 0 saturated heterocycles. The van der Waals surface area contributed by atoms with Crippen molar-refractivity contribution in [1.82, 2.24) is 5.32 Å². The number of halogens is 1. The molecular formula is C20H24ClNO4. The second-order valence-corrected chi connectivity index (χ2v) is 6.02. The highest BCUT2D eigenvalue weighted by atomic mass is 35.5. The van der Waals surface area contributed by atoms with Gasteiger partial charge in [0, 0.05) is 16.7 Å². The maximum absolute atomic E-state index is 12.5. The lowest BCUT2D eigenvalue weighted by atomic mass is 10.1. The highest BCUT2D eigenvalue weighted by Gasteiger charge is 2.18. The lowest BCUT2D eigenvalue weighted by molar-refractivity contribution is 0.0940. The fourth-order valence-corrected chi connectivity index (χ4v) is 2.84. The van der Waals surface area contributed by atoms with Crippen LogP contribution in [0.1, 0.15) is 42.7 Å². The van der Waals surface area contributed by atoms with Gasteiger partial charge in [0.15, 0.2) is 11.5 Å². The first-order chi connectivity index (χ1) is 12.5. The monoisotopic (exact) mass is 377 g/mol. The number of carbonyl (C=O) groups excluding carboxylic acids is 1. The summed E-state index contributed by atoms with van der Waals surface area (Å²) in [4.78, 5) is 12.5. The third-order valence-corrected chi connectivity index (χ3v) is 4.16. The summed E-state index contributed by atoms with van der Waals surface area (Å²) >= 11 is 6.40. The number of hydrogen-bond acceptors (Lipinski definition) is 4. The first kappa shape index (κ1) is 19.9. The molecule has 26 heavy (non-hydrogen) atoms. The molecule has 1 N–H and O–H groups in total. The number of hydrogen-bond donors (Lipinski definition) is 1. The molecule has 2 aromatic carbocycles. The van der Waals surface area contributed by atoms with E-state index in [1.54, 1.807) is 37.4 Å². The van der Waals surface area contributed by atoms with Crippen LogP contribution in [-0.4, -0.2) is 26.2 Å². The fraction of sp³-hybridized carbons (Fsp3) is 0.350. The highest BCUT2D eigenvalue weighted by molar-refractivity contribution is 6.31. The molecule has 0 spiro atoms. The molecule has 0 saturated carbocycles. The lowest BCUT2D eigenvalue weighted by Gasteiger charge is -2.19. The average molecular weight is 378 g/mol. The first-order valence-electron chi connectivity index (χ1n) is 8.54. The van der Waals surface area contributed by atoms with Gasteiger partial charge >= 0.3 is 0 Å². The summed E-state index contributed by atoms with van der Waals surface area (Å²) in [5.41, 5.74) is 1.31. The van der Waals surface area contributed by atoms with Crippen LogP contribution in [0, 0.1) is 0 Å². The van der Waals surface area contributed by atoms with Crippen LogP contribution >= 0.6 is 11.6 Å². The lowest BCUT2D eigenvalue weighted by Crippen LogP contribution is -2.26. The third kappa shape index (κ3) is 4.82. The van der Waals surface area contributed by atoms with Crippen molar-refractivity contribution in [1.29, 1.82) is 0 Å². The summed E-state index contributed by atoms with van der Waals surface area (Å²) in [5.74, 6) is 1.71. The maximum atomic E-state index is 12.5. The van der Waals surface area contributed by atoms with Gasteiger partial charge < -0.3 is 19.5 Å². The Kier molecular flexibility index (Phi) is 7.16. The van der Waals surface area contributed by atoms with Crippen LogP contribution in [0.2, 0.25) is 5.02 Å². The van der Waals surface area contributed by atoms with E-state index in [9.17, 15) is 4.79 Å². The Hall–Kier alpha value is -2.40. The maximum Gasteiger partial charge on any atom is 0.251 e. The molecule has 0 aliphatic heterocycles. The van der Waals surface area contributed by atoms with Crippen molar-refractivity contribution >= 4 is 17.5 Å². The summed E-state index contributed by atoms with van der Waals surface area (Å²) in [6, 6.07) is 10.2. The number of benzene rings is 2. The zero-order valence-electron chi connectivity index (χ0n) is 15.5. The fourth-order valence-electron chi connectivity index (χ4n) is 2.52. The van der Waals surface area contributed by atoms with Crippen molar-refractivity contribution in [3.05, 3.63) is 52.5 Å². The van der Waals surface area contributed by atoms with Crippen LogP contribution in [0.25, 0.3) is 0 Å². The number of ether oxygens (including phenoxy) is 3. The van der Waals surface area contributed by atoms with Crippen LogP contribution in [-0.2, 0) is 0 Å². The van der Waals surface area contributed by atoms with E-state index < -0.39 is 0 Å². The molecule has 140 valence electrons. The molecule has 6 heteroatoms. The van der Waals surface area contributed by atoms with Gasteiger partial charge in [-0.3, -0.25) is 4.79 Å². The van der Waals surface area contributed by atoms with E-state index in [1.807, 2.05) is 26.8 Å². The highest BCUT2D eigenvalue weighted by Crippen LogP contribution is 2.36. The molecule has 0 fully saturated rings. The van der Waals surface area contributed by atoms with Crippen molar-refractivity contribution < 1.29 is 19.0 Å². The molecule has 1 unspecified atom stereocenters. The van der Waals surface area contributed by atoms with E-state index in [0.717, 1.165) is 5.56 Å². The van der Waals surface area contributed by atoms with Gasteiger partial charge in [0.05, 0.1) is 26.4 Å². The molecule has 1 amide bonds. The molecule has 0 radical (unpaired) electrons. The summed E-state index contributed by atoms with van der Waals surface area (Å²) < 4.78 is 16.3. The minimum Gasteiger partial charge on any atom is -0.497 e. The third-order valence-electron chi connectivity index (χ3n) is 3.83. The molecule has 5 nitrogen and oxygen atoms in total. The van der Waals surface area contributed by atoms with Gasteiger partial charge in [-0.2, -0.15) is 0 Å². The number of carbonyl (C=O) groups is 1. The van der Waals surface area contributed by atoms with E-state index in [-0.39, 0.29) is 11.9 Å². The Morgan fingerprint density at radius 1 is 1.08 bits per heavy atom. The summed E-state index contributed by atoms with van der Waals surface area (Å²) in [6.45, 7) is 6.69. The van der Waals surface area contributed by atoms with Crippen LogP contribution in [0.4, 0.5) is 0 Å². The largest absolute Gasteiger partial charge is 0.497 e. The van der Waals surface area contributed by atoms with Crippen LogP contribution in [0.3, 0.4) is 0 Å². The average Bonchev–Trinajstić information content (AvgIpc) is 2.64. The molecule has 0 aliphatic carbocycles. The van der Waals surface area contributed by atoms with Gasteiger partial charge in [-0.15, -0.1) is 0 Å². The van der Waals surface area contributed by atoms with Gasteiger partial charge in [-0.25, -0.2) is 0 Å². The summed E-state index contributed by atoms with van der Waals surface area (Å²) in [7, 11) is 1.58. The molecule has 0 heterocycles. The Balaban J connectivity index is 2.20. The topological polar surface area (TPSA) is 56.8 Å².